The lowest BCUT2D eigenvalue weighted by Gasteiger charge is -2.07. The Morgan fingerprint density at radius 2 is 2.05 bits per heavy atom. The first kappa shape index (κ1) is 13.6. The van der Waals surface area contributed by atoms with Crippen LogP contribution >= 0.6 is 0 Å². The van der Waals surface area contributed by atoms with Crippen LogP contribution in [-0.4, -0.2) is 17.3 Å². The molecule has 0 N–H and O–H groups in total. The Balaban J connectivity index is 2.13. The lowest BCUT2D eigenvalue weighted by Crippen LogP contribution is -1.92. The molecule has 3 aromatic rings. The molecule has 0 bridgehead atoms. The number of pyridine rings is 1. The minimum Gasteiger partial charge on any atom is -0.496 e. The maximum absolute atomic E-state index is 5.35. The third kappa shape index (κ3) is 2.37. The number of hydrogen-bond donors (Lipinski definition) is 0. The van der Waals surface area contributed by atoms with Gasteiger partial charge in [0.1, 0.15) is 17.2 Å². The lowest BCUT2D eigenvalue weighted by molar-refractivity contribution is 0.373. The predicted molar refractivity (Wildman–Crippen MR) is 81.5 cm³/mol. The van der Waals surface area contributed by atoms with Crippen molar-refractivity contribution in [1.29, 1.82) is 0 Å². The van der Waals surface area contributed by atoms with Crippen molar-refractivity contribution in [2.24, 2.45) is 0 Å². The van der Waals surface area contributed by atoms with Gasteiger partial charge in [-0.3, -0.25) is 0 Å². The first-order chi connectivity index (χ1) is 10.1. The van der Waals surface area contributed by atoms with Gasteiger partial charge in [-0.05, 0) is 31.2 Å². The fourth-order valence-electron chi connectivity index (χ4n) is 2.28. The summed E-state index contributed by atoms with van der Waals surface area (Å²) in [5.74, 6) is 1.98. The summed E-state index contributed by atoms with van der Waals surface area (Å²) in [6.45, 7) is 6.13. The molecule has 4 heteroatoms. The smallest absolute Gasteiger partial charge is 0.139 e. The van der Waals surface area contributed by atoms with Crippen LogP contribution in [0.3, 0.4) is 0 Å². The normalized spacial score (nSPS) is 11.3. The summed E-state index contributed by atoms with van der Waals surface area (Å²) < 4.78 is 10.7. The maximum atomic E-state index is 5.35. The molecule has 0 amide bonds. The quantitative estimate of drug-likeness (QED) is 0.724. The molecule has 0 spiro atoms. The molecular weight excluding hydrogens is 264 g/mol. The van der Waals surface area contributed by atoms with Crippen LogP contribution in [0.4, 0.5) is 0 Å². The highest BCUT2D eigenvalue weighted by Gasteiger charge is 2.12. The number of aromatic nitrogens is 2. The predicted octanol–water partition coefficient (Wildman–Crippen LogP) is 4.13. The second kappa shape index (κ2) is 5.20. The largest absolute Gasteiger partial charge is 0.496 e. The highest BCUT2D eigenvalue weighted by Crippen LogP contribution is 2.28. The topological polar surface area (TPSA) is 48.2 Å². The zero-order valence-electron chi connectivity index (χ0n) is 12.6. The van der Waals surface area contributed by atoms with E-state index in [1.165, 1.54) is 0 Å². The summed E-state index contributed by atoms with van der Waals surface area (Å²) in [7, 11) is 1.66. The van der Waals surface area contributed by atoms with E-state index in [1.54, 1.807) is 7.11 Å². The molecule has 3 rings (SSSR count). The highest BCUT2D eigenvalue weighted by atomic mass is 16.5. The number of aryl methyl sites for hydroxylation is 1. The van der Waals surface area contributed by atoms with Crippen LogP contribution in [0.15, 0.2) is 28.8 Å². The first-order valence-corrected chi connectivity index (χ1v) is 6.93. The number of ether oxygens (including phenoxy) is 1. The monoisotopic (exact) mass is 281 g/mol. The number of hydrogen-bond acceptors (Lipinski definition) is 4. The Morgan fingerprint density at radius 1 is 1.24 bits per heavy atom. The van der Waals surface area contributed by atoms with Crippen molar-refractivity contribution in [1.82, 2.24) is 10.1 Å². The number of methoxy groups -OCH3 is 1. The van der Waals surface area contributed by atoms with Gasteiger partial charge in [-0.25, -0.2) is 4.98 Å². The molecule has 0 saturated carbocycles. The third-order valence-electron chi connectivity index (χ3n) is 3.56. The van der Waals surface area contributed by atoms with Crippen LogP contribution in [-0.2, 0) is 0 Å². The van der Waals surface area contributed by atoms with E-state index in [4.69, 9.17) is 14.2 Å². The van der Waals surface area contributed by atoms with Crippen molar-refractivity contribution in [2.45, 2.75) is 26.7 Å². The maximum Gasteiger partial charge on any atom is 0.139 e. The molecule has 4 nitrogen and oxygen atoms in total. The fraction of sp³-hybridized carbons (Fsp3) is 0.294. The number of fused-ring (bicyclic) bond motifs is 1. The van der Waals surface area contributed by atoms with Crippen molar-refractivity contribution in [3.63, 3.8) is 0 Å². The molecule has 0 aliphatic heterocycles. The van der Waals surface area contributed by atoms with E-state index in [2.05, 4.69) is 25.1 Å². The minimum absolute atomic E-state index is 0.303. The first-order valence-electron chi connectivity index (χ1n) is 6.93. The molecule has 1 aromatic carbocycles. The molecule has 0 unspecified atom stereocenters. The van der Waals surface area contributed by atoms with E-state index < -0.39 is 0 Å². The van der Waals surface area contributed by atoms with Crippen LogP contribution in [0.1, 0.15) is 31.1 Å². The second-order valence-electron chi connectivity index (χ2n) is 5.34. The van der Waals surface area contributed by atoms with Crippen molar-refractivity contribution in [3.05, 3.63) is 41.7 Å². The second-order valence-corrected chi connectivity index (χ2v) is 5.34. The number of nitrogens with zero attached hydrogens (tertiary/aromatic N) is 2. The highest BCUT2D eigenvalue weighted by molar-refractivity contribution is 5.85. The molecule has 2 heterocycles. The van der Waals surface area contributed by atoms with E-state index in [-0.39, 0.29) is 0 Å². The average molecular weight is 281 g/mol. The van der Waals surface area contributed by atoms with E-state index in [0.717, 1.165) is 39.4 Å². The SMILES string of the molecule is COc1ccc2[c]cc(-c3cc(C(C)C)on3)nc2c1C. The fourth-order valence-corrected chi connectivity index (χ4v) is 2.28. The number of benzene rings is 1. The Hall–Kier alpha value is -2.36. The van der Waals surface area contributed by atoms with Gasteiger partial charge in [-0.1, -0.05) is 19.0 Å². The van der Waals surface area contributed by atoms with Crippen LogP contribution in [0, 0.1) is 13.0 Å². The molecule has 1 radical (unpaired) electrons. The van der Waals surface area contributed by atoms with Crippen LogP contribution in [0.2, 0.25) is 0 Å². The third-order valence-corrected chi connectivity index (χ3v) is 3.56. The molecule has 0 aliphatic rings. The zero-order chi connectivity index (χ0) is 15.0. The summed E-state index contributed by atoms with van der Waals surface area (Å²) in [5, 5.41) is 5.06. The zero-order valence-corrected chi connectivity index (χ0v) is 12.6. The minimum atomic E-state index is 0.303. The summed E-state index contributed by atoms with van der Waals surface area (Å²) in [6, 6.07) is 10.9. The van der Waals surface area contributed by atoms with Gasteiger partial charge in [0.15, 0.2) is 0 Å². The summed E-state index contributed by atoms with van der Waals surface area (Å²) in [5.41, 5.74) is 3.37. The summed E-state index contributed by atoms with van der Waals surface area (Å²) >= 11 is 0. The lowest BCUT2D eigenvalue weighted by atomic mass is 10.1. The molecule has 2 aromatic heterocycles. The summed E-state index contributed by atoms with van der Waals surface area (Å²) in [6.07, 6.45) is 0. The van der Waals surface area contributed by atoms with Gasteiger partial charge in [-0.15, -0.1) is 0 Å². The Bertz CT molecular complexity index is 791. The molecular formula is C17H17N2O2. The van der Waals surface area contributed by atoms with Gasteiger partial charge < -0.3 is 9.26 Å². The standard InChI is InChI=1S/C17H17N2O2/c1-10(2)16-9-14(19-21-16)13-7-5-12-6-8-15(20-4)11(3)17(12)18-13/h6-10H,1-4H3. The van der Waals surface area contributed by atoms with Gasteiger partial charge in [-0.2, -0.15) is 0 Å². The molecule has 0 aliphatic carbocycles. The molecule has 0 atom stereocenters. The van der Waals surface area contributed by atoms with Gasteiger partial charge in [0.25, 0.3) is 0 Å². The average Bonchev–Trinajstić information content (AvgIpc) is 2.97. The molecule has 107 valence electrons. The van der Waals surface area contributed by atoms with Crippen molar-refractivity contribution in [2.75, 3.05) is 7.11 Å². The van der Waals surface area contributed by atoms with Crippen LogP contribution < -0.4 is 4.74 Å². The Morgan fingerprint density at radius 3 is 2.71 bits per heavy atom. The van der Waals surface area contributed by atoms with Crippen molar-refractivity contribution < 1.29 is 9.26 Å². The van der Waals surface area contributed by atoms with E-state index >= 15 is 0 Å². The van der Waals surface area contributed by atoms with Gasteiger partial charge in [0, 0.05) is 22.9 Å². The summed E-state index contributed by atoms with van der Waals surface area (Å²) in [4.78, 5) is 4.69. The molecule has 0 saturated heterocycles. The van der Waals surface area contributed by atoms with Crippen molar-refractivity contribution in [3.8, 4) is 17.1 Å². The van der Waals surface area contributed by atoms with Gasteiger partial charge in [0.05, 0.1) is 18.3 Å². The Labute approximate surface area is 123 Å². The van der Waals surface area contributed by atoms with Gasteiger partial charge >= 0.3 is 0 Å². The van der Waals surface area contributed by atoms with E-state index in [9.17, 15) is 0 Å². The number of rotatable bonds is 3. The van der Waals surface area contributed by atoms with Crippen molar-refractivity contribution >= 4 is 10.9 Å². The van der Waals surface area contributed by atoms with E-state index in [0.29, 0.717) is 5.92 Å². The molecule has 0 fully saturated rings. The molecule has 21 heavy (non-hydrogen) atoms. The van der Waals surface area contributed by atoms with Gasteiger partial charge in [0.2, 0.25) is 0 Å². The van der Waals surface area contributed by atoms with Crippen LogP contribution in [0.25, 0.3) is 22.3 Å². The Kier molecular flexibility index (Phi) is 3.37. The van der Waals surface area contributed by atoms with Crippen LogP contribution in [0.5, 0.6) is 5.75 Å². The van der Waals surface area contributed by atoms with E-state index in [1.807, 2.05) is 31.2 Å².